The van der Waals surface area contributed by atoms with Gasteiger partial charge in [-0.25, -0.2) is 0 Å². The van der Waals surface area contributed by atoms with Crippen molar-refractivity contribution in [2.24, 2.45) is 0 Å². The summed E-state index contributed by atoms with van der Waals surface area (Å²) in [5.74, 6) is 0.162. The Morgan fingerprint density at radius 1 is 1.53 bits per heavy atom. The summed E-state index contributed by atoms with van der Waals surface area (Å²) >= 11 is 3.48. The summed E-state index contributed by atoms with van der Waals surface area (Å²) < 4.78 is 0.981. The molecule has 0 bridgehead atoms. The maximum Gasteiger partial charge on any atom is 0.227 e. The van der Waals surface area contributed by atoms with Gasteiger partial charge in [-0.15, -0.1) is 0 Å². The third-order valence-corrected chi connectivity index (χ3v) is 4.38. The number of aliphatic hydroxyl groups is 1. The Kier molecular flexibility index (Phi) is 4.99. The summed E-state index contributed by atoms with van der Waals surface area (Å²) in [6.07, 6.45) is 2.81. The molecule has 1 aromatic rings. The molecule has 1 saturated heterocycles. The van der Waals surface area contributed by atoms with Crippen LogP contribution in [0.2, 0.25) is 0 Å². The maximum atomic E-state index is 12.4. The van der Waals surface area contributed by atoms with Gasteiger partial charge in [0.1, 0.15) is 0 Å². The highest BCUT2D eigenvalue weighted by Gasteiger charge is 2.29. The topological polar surface area (TPSA) is 40.5 Å². The van der Waals surface area contributed by atoms with E-state index in [-0.39, 0.29) is 18.1 Å². The van der Waals surface area contributed by atoms with Crippen LogP contribution >= 0.6 is 15.9 Å². The molecule has 19 heavy (non-hydrogen) atoms. The molecule has 1 aliphatic rings. The monoisotopic (exact) mass is 325 g/mol. The number of amides is 1. The van der Waals surface area contributed by atoms with Gasteiger partial charge in [-0.3, -0.25) is 4.79 Å². The van der Waals surface area contributed by atoms with Gasteiger partial charge in [0.15, 0.2) is 0 Å². The van der Waals surface area contributed by atoms with E-state index in [1.54, 1.807) is 6.92 Å². The van der Waals surface area contributed by atoms with Crippen LogP contribution in [0.5, 0.6) is 0 Å². The zero-order valence-corrected chi connectivity index (χ0v) is 12.8. The molecule has 1 N–H and O–H groups in total. The molecule has 1 fully saturated rings. The van der Waals surface area contributed by atoms with Crippen LogP contribution in [0.4, 0.5) is 0 Å². The maximum absolute atomic E-state index is 12.4. The van der Waals surface area contributed by atoms with E-state index < -0.39 is 0 Å². The van der Waals surface area contributed by atoms with Gasteiger partial charge in [0.25, 0.3) is 0 Å². The quantitative estimate of drug-likeness (QED) is 0.924. The molecule has 2 rings (SSSR count). The molecule has 0 aliphatic carbocycles. The van der Waals surface area contributed by atoms with Crippen molar-refractivity contribution in [3.05, 3.63) is 34.3 Å². The highest BCUT2D eigenvalue weighted by atomic mass is 79.9. The third-order valence-electron chi connectivity index (χ3n) is 3.61. The molecule has 0 saturated carbocycles. The standard InChI is InChI=1S/C15H20BrNO2/c1-11(18)9-13-6-4-8-17(13)15(19)10-12-5-2-3-7-14(12)16/h2-3,5,7,11,13,18H,4,6,8-10H2,1H3. The molecule has 2 unspecified atom stereocenters. The summed E-state index contributed by atoms with van der Waals surface area (Å²) in [5, 5.41) is 9.50. The molecule has 4 heteroatoms. The minimum Gasteiger partial charge on any atom is -0.393 e. The van der Waals surface area contributed by atoms with E-state index in [9.17, 15) is 9.90 Å². The van der Waals surface area contributed by atoms with Crippen LogP contribution in [0.1, 0.15) is 31.7 Å². The lowest BCUT2D eigenvalue weighted by Gasteiger charge is -2.26. The number of rotatable bonds is 4. The van der Waals surface area contributed by atoms with Gasteiger partial charge in [-0.2, -0.15) is 0 Å². The third kappa shape index (κ3) is 3.80. The molecule has 1 heterocycles. The molecular formula is C15H20BrNO2. The van der Waals surface area contributed by atoms with Crippen LogP contribution in [0.25, 0.3) is 0 Å². The molecule has 0 spiro atoms. The largest absolute Gasteiger partial charge is 0.393 e. The number of likely N-dealkylation sites (tertiary alicyclic amines) is 1. The highest BCUT2D eigenvalue weighted by molar-refractivity contribution is 9.10. The Bertz CT molecular complexity index is 448. The van der Waals surface area contributed by atoms with Crippen LogP contribution in [0.15, 0.2) is 28.7 Å². The smallest absolute Gasteiger partial charge is 0.227 e. The highest BCUT2D eigenvalue weighted by Crippen LogP contribution is 2.24. The molecule has 0 radical (unpaired) electrons. The average molecular weight is 326 g/mol. The zero-order chi connectivity index (χ0) is 13.8. The summed E-state index contributed by atoms with van der Waals surface area (Å²) in [5.41, 5.74) is 1.02. The lowest BCUT2D eigenvalue weighted by Crippen LogP contribution is -2.38. The molecule has 0 aromatic heterocycles. The Balaban J connectivity index is 2.01. The van der Waals surface area contributed by atoms with Gasteiger partial charge in [0.05, 0.1) is 12.5 Å². The number of halogens is 1. The van der Waals surface area contributed by atoms with Crippen LogP contribution in [-0.4, -0.2) is 34.6 Å². The summed E-state index contributed by atoms with van der Waals surface area (Å²) in [7, 11) is 0. The fourth-order valence-electron chi connectivity index (χ4n) is 2.71. The van der Waals surface area contributed by atoms with E-state index in [4.69, 9.17) is 0 Å². The minimum atomic E-state index is -0.345. The molecule has 1 aromatic carbocycles. The fourth-order valence-corrected chi connectivity index (χ4v) is 3.13. The van der Waals surface area contributed by atoms with Crippen molar-refractivity contribution in [1.82, 2.24) is 4.90 Å². The van der Waals surface area contributed by atoms with E-state index in [1.165, 1.54) is 0 Å². The Morgan fingerprint density at radius 3 is 2.95 bits per heavy atom. The first-order valence-electron chi connectivity index (χ1n) is 6.79. The van der Waals surface area contributed by atoms with Gasteiger partial charge in [-0.1, -0.05) is 34.1 Å². The van der Waals surface area contributed by atoms with Crippen molar-refractivity contribution < 1.29 is 9.90 Å². The van der Waals surface area contributed by atoms with Gasteiger partial charge >= 0.3 is 0 Å². The van der Waals surface area contributed by atoms with Crippen molar-refractivity contribution in [1.29, 1.82) is 0 Å². The first-order chi connectivity index (χ1) is 9.08. The fraction of sp³-hybridized carbons (Fsp3) is 0.533. The normalized spacial score (nSPS) is 20.6. The van der Waals surface area contributed by atoms with Crippen molar-refractivity contribution in [2.45, 2.75) is 44.8 Å². The Morgan fingerprint density at radius 2 is 2.26 bits per heavy atom. The van der Waals surface area contributed by atoms with Crippen LogP contribution < -0.4 is 0 Å². The first kappa shape index (κ1) is 14.5. The molecule has 104 valence electrons. The predicted molar refractivity (Wildman–Crippen MR) is 78.9 cm³/mol. The van der Waals surface area contributed by atoms with Crippen LogP contribution in [-0.2, 0) is 11.2 Å². The van der Waals surface area contributed by atoms with Gasteiger partial charge < -0.3 is 10.0 Å². The summed E-state index contributed by atoms with van der Waals surface area (Å²) in [6, 6.07) is 8.03. The number of carbonyl (C=O) groups is 1. The van der Waals surface area contributed by atoms with Gasteiger partial charge in [0, 0.05) is 17.1 Å². The van der Waals surface area contributed by atoms with E-state index in [2.05, 4.69) is 15.9 Å². The number of aliphatic hydroxyl groups excluding tert-OH is 1. The number of benzene rings is 1. The molecular weight excluding hydrogens is 306 g/mol. The second-order valence-electron chi connectivity index (χ2n) is 5.24. The van der Waals surface area contributed by atoms with E-state index in [0.29, 0.717) is 12.8 Å². The lowest BCUT2D eigenvalue weighted by molar-refractivity contribution is -0.131. The zero-order valence-electron chi connectivity index (χ0n) is 11.2. The van der Waals surface area contributed by atoms with Gasteiger partial charge in [-0.05, 0) is 37.8 Å². The van der Waals surface area contributed by atoms with Crippen molar-refractivity contribution >= 4 is 21.8 Å². The minimum absolute atomic E-state index is 0.162. The van der Waals surface area contributed by atoms with Crippen LogP contribution in [0.3, 0.4) is 0 Å². The van der Waals surface area contributed by atoms with E-state index in [1.807, 2.05) is 29.2 Å². The van der Waals surface area contributed by atoms with Crippen molar-refractivity contribution in [3.8, 4) is 0 Å². The van der Waals surface area contributed by atoms with Crippen LogP contribution in [0, 0.1) is 0 Å². The average Bonchev–Trinajstić information content (AvgIpc) is 2.79. The SMILES string of the molecule is CC(O)CC1CCCN1C(=O)Cc1ccccc1Br. The molecule has 3 nitrogen and oxygen atoms in total. The first-order valence-corrected chi connectivity index (χ1v) is 7.58. The van der Waals surface area contributed by atoms with Gasteiger partial charge in [0.2, 0.25) is 5.91 Å². The number of hydrogen-bond acceptors (Lipinski definition) is 2. The Labute approximate surface area is 122 Å². The summed E-state index contributed by atoms with van der Waals surface area (Å²) in [6.45, 7) is 2.61. The van der Waals surface area contributed by atoms with E-state index >= 15 is 0 Å². The predicted octanol–water partition coefficient (Wildman–Crippen LogP) is 2.75. The summed E-state index contributed by atoms with van der Waals surface area (Å²) in [4.78, 5) is 14.3. The number of hydrogen-bond donors (Lipinski definition) is 1. The number of carbonyl (C=O) groups excluding carboxylic acids is 1. The number of nitrogens with zero attached hydrogens (tertiary/aromatic N) is 1. The molecule has 2 atom stereocenters. The molecule has 1 aliphatic heterocycles. The van der Waals surface area contributed by atoms with Crippen molar-refractivity contribution in [2.75, 3.05) is 6.54 Å². The molecule has 1 amide bonds. The Hall–Kier alpha value is -0.870. The van der Waals surface area contributed by atoms with E-state index in [0.717, 1.165) is 29.4 Å². The second-order valence-corrected chi connectivity index (χ2v) is 6.09. The lowest BCUT2D eigenvalue weighted by atomic mass is 10.1. The van der Waals surface area contributed by atoms with Crippen molar-refractivity contribution in [3.63, 3.8) is 0 Å². The second kappa shape index (κ2) is 6.53.